The molecule has 22 heavy (non-hydrogen) atoms. The summed E-state index contributed by atoms with van der Waals surface area (Å²) in [5, 5.41) is 6.45. The summed E-state index contributed by atoms with van der Waals surface area (Å²) in [6.45, 7) is 0.829. The minimum atomic E-state index is -0.223. The standard InChI is InChI=1S/C17H20N2O2S/c20-17(16-7-2-8-21-16)19-14-5-1-4-13(10-14)11-18-15-6-3-9-22-12-15/h1-2,4-5,7-8,10,15,18H,3,6,9,11-12H2,(H,19,20). The van der Waals surface area contributed by atoms with Crippen molar-refractivity contribution in [3.8, 4) is 0 Å². The third-order valence-electron chi connectivity index (χ3n) is 3.68. The number of anilines is 1. The van der Waals surface area contributed by atoms with Crippen molar-refractivity contribution >= 4 is 23.4 Å². The summed E-state index contributed by atoms with van der Waals surface area (Å²) in [5.74, 6) is 2.57. The highest BCUT2D eigenvalue weighted by molar-refractivity contribution is 7.99. The molecule has 2 heterocycles. The van der Waals surface area contributed by atoms with Crippen molar-refractivity contribution in [2.75, 3.05) is 16.8 Å². The second kappa shape index (κ2) is 7.51. The van der Waals surface area contributed by atoms with Crippen molar-refractivity contribution in [2.24, 2.45) is 0 Å². The van der Waals surface area contributed by atoms with Gasteiger partial charge >= 0.3 is 0 Å². The number of hydrogen-bond donors (Lipinski definition) is 2. The van der Waals surface area contributed by atoms with E-state index in [1.54, 1.807) is 12.1 Å². The number of nitrogens with one attached hydrogen (secondary N) is 2. The summed E-state index contributed by atoms with van der Waals surface area (Å²) in [7, 11) is 0. The Balaban J connectivity index is 1.56. The van der Waals surface area contributed by atoms with Gasteiger partial charge < -0.3 is 15.1 Å². The van der Waals surface area contributed by atoms with Crippen LogP contribution in [0.25, 0.3) is 0 Å². The van der Waals surface area contributed by atoms with Crippen LogP contribution >= 0.6 is 11.8 Å². The average Bonchev–Trinajstić information content (AvgIpc) is 3.09. The zero-order chi connectivity index (χ0) is 15.2. The molecule has 1 amide bonds. The van der Waals surface area contributed by atoms with E-state index in [1.165, 1.54) is 36.2 Å². The van der Waals surface area contributed by atoms with Crippen LogP contribution in [0.2, 0.25) is 0 Å². The van der Waals surface area contributed by atoms with Crippen LogP contribution in [0.4, 0.5) is 5.69 Å². The van der Waals surface area contributed by atoms with Crippen LogP contribution in [0.15, 0.2) is 47.1 Å². The Kier molecular flexibility index (Phi) is 5.19. The molecule has 2 aromatic rings. The Morgan fingerprint density at radius 3 is 3.05 bits per heavy atom. The van der Waals surface area contributed by atoms with Crippen molar-refractivity contribution < 1.29 is 9.21 Å². The first-order chi connectivity index (χ1) is 10.8. The molecule has 0 saturated carbocycles. The first-order valence-electron chi connectivity index (χ1n) is 7.56. The molecule has 4 nitrogen and oxygen atoms in total. The quantitative estimate of drug-likeness (QED) is 0.886. The molecule has 1 unspecified atom stereocenters. The van der Waals surface area contributed by atoms with Gasteiger partial charge in [0.15, 0.2) is 5.76 Å². The first kappa shape index (κ1) is 15.2. The fraction of sp³-hybridized carbons (Fsp3) is 0.353. The highest BCUT2D eigenvalue weighted by Gasteiger charge is 2.13. The van der Waals surface area contributed by atoms with Crippen molar-refractivity contribution in [1.82, 2.24) is 5.32 Å². The number of hydrogen-bond acceptors (Lipinski definition) is 4. The summed E-state index contributed by atoms with van der Waals surface area (Å²) < 4.78 is 5.10. The smallest absolute Gasteiger partial charge is 0.291 e. The van der Waals surface area contributed by atoms with E-state index in [1.807, 2.05) is 30.0 Å². The molecule has 1 aliphatic heterocycles. The molecule has 0 radical (unpaired) electrons. The summed E-state index contributed by atoms with van der Waals surface area (Å²) in [6.07, 6.45) is 4.04. The number of amides is 1. The van der Waals surface area contributed by atoms with E-state index in [9.17, 15) is 4.79 Å². The molecule has 5 heteroatoms. The number of thioether (sulfide) groups is 1. The van der Waals surface area contributed by atoms with Crippen molar-refractivity contribution in [3.63, 3.8) is 0 Å². The van der Waals surface area contributed by atoms with Crippen LogP contribution in [-0.2, 0) is 6.54 Å². The first-order valence-corrected chi connectivity index (χ1v) is 8.71. The molecule has 2 N–H and O–H groups in total. The lowest BCUT2D eigenvalue weighted by Crippen LogP contribution is -2.33. The monoisotopic (exact) mass is 316 g/mol. The molecular formula is C17H20N2O2S. The SMILES string of the molecule is O=C(Nc1cccc(CNC2CCCSC2)c1)c1ccco1. The summed E-state index contributed by atoms with van der Waals surface area (Å²) in [5.41, 5.74) is 1.96. The predicted octanol–water partition coefficient (Wildman–Crippen LogP) is 3.52. The highest BCUT2D eigenvalue weighted by Crippen LogP contribution is 2.18. The van der Waals surface area contributed by atoms with Crippen molar-refractivity contribution in [3.05, 3.63) is 54.0 Å². The van der Waals surface area contributed by atoms with E-state index in [0.29, 0.717) is 11.8 Å². The van der Waals surface area contributed by atoms with Gasteiger partial charge in [-0.15, -0.1) is 0 Å². The number of furan rings is 1. The Bertz CT molecular complexity index is 607. The topological polar surface area (TPSA) is 54.3 Å². The van der Waals surface area contributed by atoms with Gasteiger partial charge in [0, 0.05) is 24.0 Å². The molecule has 1 aromatic heterocycles. The molecule has 0 aliphatic carbocycles. The normalized spacial score (nSPS) is 18.1. The lowest BCUT2D eigenvalue weighted by Gasteiger charge is -2.22. The molecule has 1 saturated heterocycles. The van der Waals surface area contributed by atoms with Crippen LogP contribution in [0.3, 0.4) is 0 Å². The van der Waals surface area contributed by atoms with E-state index in [2.05, 4.69) is 16.7 Å². The van der Waals surface area contributed by atoms with Crippen LogP contribution < -0.4 is 10.6 Å². The zero-order valence-corrected chi connectivity index (χ0v) is 13.2. The Hall–Kier alpha value is -1.72. The van der Waals surface area contributed by atoms with Crippen LogP contribution in [0.5, 0.6) is 0 Å². The molecular weight excluding hydrogens is 296 g/mol. The van der Waals surface area contributed by atoms with E-state index < -0.39 is 0 Å². The van der Waals surface area contributed by atoms with Gasteiger partial charge in [-0.3, -0.25) is 4.79 Å². The number of carbonyl (C=O) groups excluding carboxylic acids is 1. The second-order valence-corrected chi connectivity index (χ2v) is 6.58. The van der Waals surface area contributed by atoms with Gasteiger partial charge in [-0.1, -0.05) is 12.1 Å². The van der Waals surface area contributed by atoms with Gasteiger partial charge in [0.1, 0.15) is 0 Å². The van der Waals surface area contributed by atoms with Gasteiger partial charge in [-0.2, -0.15) is 11.8 Å². The van der Waals surface area contributed by atoms with Gasteiger partial charge in [0.05, 0.1) is 6.26 Å². The number of benzene rings is 1. The second-order valence-electron chi connectivity index (χ2n) is 5.43. The Morgan fingerprint density at radius 2 is 2.27 bits per heavy atom. The Labute approximate surface area is 134 Å². The van der Waals surface area contributed by atoms with E-state index in [-0.39, 0.29) is 5.91 Å². The van der Waals surface area contributed by atoms with Gasteiger partial charge in [-0.25, -0.2) is 0 Å². The third kappa shape index (κ3) is 4.15. The molecule has 3 rings (SSSR count). The van der Waals surface area contributed by atoms with E-state index in [4.69, 9.17) is 4.42 Å². The van der Waals surface area contributed by atoms with Gasteiger partial charge in [-0.05, 0) is 48.4 Å². The fourth-order valence-corrected chi connectivity index (χ4v) is 3.63. The maximum Gasteiger partial charge on any atom is 0.291 e. The molecule has 1 atom stereocenters. The van der Waals surface area contributed by atoms with Crippen LogP contribution in [0, 0.1) is 0 Å². The number of rotatable bonds is 5. The van der Waals surface area contributed by atoms with Crippen molar-refractivity contribution in [2.45, 2.75) is 25.4 Å². The molecule has 1 fully saturated rings. The molecule has 0 spiro atoms. The predicted molar refractivity (Wildman–Crippen MR) is 90.3 cm³/mol. The maximum atomic E-state index is 12.0. The molecule has 1 aromatic carbocycles. The largest absolute Gasteiger partial charge is 0.459 e. The van der Waals surface area contributed by atoms with Crippen molar-refractivity contribution in [1.29, 1.82) is 0 Å². The minimum absolute atomic E-state index is 0.223. The fourth-order valence-electron chi connectivity index (χ4n) is 2.52. The minimum Gasteiger partial charge on any atom is -0.459 e. The summed E-state index contributed by atoms with van der Waals surface area (Å²) in [4.78, 5) is 12.0. The molecule has 1 aliphatic rings. The maximum absolute atomic E-state index is 12.0. The summed E-state index contributed by atoms with van der Waals surface area (Å²) in [6, 6.07) is 11.9. The van der Waals surface area contributed by atoms with Gasteiger partial charge in [0.2, 0.25) is 0 Å². The van der Waals surface area contributed by atoms with Crippen LogP contribution in [0.1, 0.15) is 29.0 Å². The molecule has 0 bridgehead atoms. The zero-order valence-electron chi connectivity index (χ0n) is 12.4. The highest BCUT2D eigenvalue weighted by atomic mass is 32.2. The van der Waals surface area contributed by atoms with E-state index in [0.717, 1.165) is 12.2 Å². The third-order valence-corrected chi connectivity index (χ3v) is 4.90. The number of carbonyl (C=O) groups is 1. The Morgan fingerprint density at radius 1 is 1.32 bits per heavy atom. The van der Waals surface area contributed by atoms with Crippen LogP contribution in [-0.4, -0.2) is 23.5 Å². The molecule has 116 valence electrons. The lowest BCUT2D eigenvalue weighted by atomic mass is 10.1. The lowest BCUT2D eigenvalue weighted by molar-refractivity contribution is 0.0996. The average molecular weight is 316 g/mol. The summed E-state index contributed by atoms with van der Waals surface area (Å²) >= 11 is 2.02. The van der Waals surface area contributed by atoms with E-state index >= 15 is 0 Å². The van der Waals surface area contributed by atoms with Gasteiger partial charge in [0.25, 0.3) is 5.91 Å².